The highest BCUT2D eigenvalue weighted by Crippen LogP contribution is 2.18. The number of carboxylic acid groups (broad SMARTS) is 1. The summed E-state index contributed by atoms with van der Waals surface area (Å²) in [6.07, 6.45) is 4.89. The minimum atomic E-state index is -0.823. The fourth-order valence-corrected chi connectivity index (χ4v) is 3.64. The molecular formula is C17H29N5O3S. The van der Waals surface area contributed by atoms with Crippen molar-refractivity contribution in [3.05, 3.63) is 5.82 Å². The van der Waals surface area contributed by atoms with Crippen LogP contribution in [0.3, 0.4) is 0 Å². The molecule has 1 atom stereocenters. The summed E-state index contributed by atoms with van der Waals surface area (Å²) in [7, 11) is 0. The average Bonchev–Trinajstić information content (AvgIpc) is 2.99. The van der Waals surface area contributed by atoms with Gasteiger partial charge in [0.25, 0.3) is 0 Å². The number of nitrogens with zero attached hydrogens (tertiary/aromatic N) is 4. The molecule has 2 amide bonds. The molecule has 2 rings (SSSR count). The van der Waals surface area contributed by atoms with Gasteiger partial charge in [-0.15, -0.1) is 10.2 Å². The number of piperidine rings is 1. The molecule has 146 valence electrons. The van der Waals surface area contributed by atoms with Gasteiger partial charge in [-0.25, -0.2) is 4.79 Å². The molecule has 26 heavy (non-hydrogen) atoms. The van der Waals surface area contributed by atoms with Crippen LogP contribution < -0.4 is 5.32 Å². The van der Waals surface area contributed by atoms with E-state index in [0.717, 1.165) is 36.8 Å². The van der Waals surface area contributed by atoms with Gasteiger partial charge in [0.05, 0.1) is 5.92 Å². The Morgan fingerprint density at radius 1 is 1.38 bits per heavy atom. The summed E-state index contributed by atoms with van der Waals surface area (Å²) in [6, 6.07) is -0.176. The van der Waals surface area contributed by atoms with Crippen LogP contribution in [0.2, 0.25) is 0 Å². The van der Waals surface area contributed by atoms with Gasteiger partial charge < -0.3 is 19.9 Å². The first-order valence-corrected chi connectivity index (χ1v) is 10.4. The Hall–Kier alpha value is -1.77. The topological polar surface area (TPSA) is 100 Å². The van der Waals surface area contributed by atoms with Gasteiger partial charge >= 0.3 is 12.0 Å². The van der Waals surface area contributed by atoms with E-state index in [1.165, 1.54) is 0 Å². The van der Waals surface area contributed by atoms with E-state index in [1.807, 2.05) is 6.26 Å². The summed E-state index contributed by atoms with van der Waals surface area (Å²) in [5, 5.41) is 21.4. The van der Waals surface area contributed by atoms with Crippen LogP contribution >= 0.6 is 11.8 Å². The molecule has 1 fully saturated rings. The van der Waals surface area contributed by atoms with Crippen LogP contribution in [0.1, 0.15) is 38.9 Å². The second kappa shape index (κ2) is 9.80. The van der Waals surface area contributed by atoms with Crippen LogP contribution in [0, 0.1) is 11.8 Å². The monoisotopic (exact) mass is 383 g/mol. The van der Waals surface area contributed by atoms with Gasteiger partial charge in [-0.2, -0.15) is 0 Å². The van der Waals surface area contributed by atoms with E-state index in [0.29, 0.717) is 32.0 Å². The maximum Gasteiger partial charge on any atom is 0.317 e. The minimum Gasteiger partial charge on any atom is -0.481 e. The molecule has 0 bridgehead atoms. The zero-order valence-corrected chi connectivity index (χ0v) is 16.6. The fraction of sp³-hybridized carbons (Fsp3) is 0.765. The lowest BCUT2D eigenvalue weighted by molar-refractivity contribution is -0.143. The van der Waals surface area contributed by atoms with Crippen LogP contribution in [0.25, 0.3) is 0 Å². The molecule has 1 unspecified atom stereocenters. The number of hydrogen-bond donors (Lipinski definition) is 2. The molecular weight excluding hydrogens is 354 g/mol. The van der Waals surface area contributed by atoms with E-state index >= 15 is 0 Å². The number of amides is 2. The maximum atomic E-state index is 12.2. The molecule has 1 aliphatic rings. The molecule has 1 saturated heterocycles. The number of carbonyl (C=O) groups excluding carboxylic acids is 1. The van der Waals surface area contributed by atoms with Gasteiger partial charge in [-0.1, -0.05) is 25.6 Å². The number of nitrogens with one attached hydrogen (secondary N) is 1. The molecule has 0 radical (unpaired) electrons. The van der Waals surface area contributed by atoms with Crippen LogP contribution in [-0.4, -0.2) is 62.7 Å². The van der Waals surface area contributed by atoms with Crippen molar-refractivity contribution in [2.45, 2.75) is 51.2 Å². The number of carboxylic acids is 1. The van der Waals surface area contributed by atoms with Crippen LogP contribution in [0.5, 0.6) is 0 Å². The molecule has 0 aliphatic carbocycles. The predicted molar refractivity (Wildman–Crippen MR) is 100 cm³/mol. The third kappa shape index (κ3) is 5.62. The van der Waals surface area contributed by atoms with E-state index in [9.17, 15) is 9.59 Å². The van der Waals surface area contributed by atoms with Crippen molar-refractivity contribution in [1.29, 1.82) is 0 Å². The van der Waals surface area contributed by atoms with Crippen LogP contribution in [0.4, 0.5) is 4.79 Å². The standard InChI is InChI=1S/C17H29N5O3S/c1-12(2)10-22-14(19-20-17(22)26-3)7-4-8-18-16(25)21-9-5-6-13(11-21)15(23)24/h12-13H,4-11H2,1-3H3,(H,18,25)(H,23,24). The number of aliphatic carboxylic acids is 1. The van der Waals surface area contributed by atoms with Gasteiger partial charge in [-0.05, 0) is 31.4 Å². The third-order valence-electron chi connectivity index (χ3n) is 4.43. The Morgan fingerprint density at radius 3 is 2.81 bits per heavy atom. The first-order chi connectivity index (χ1) is 12.4. The van der Waals surface area contributed by atoms with E-state index in [-0.39, 0.29) is 6.03 Å². The Kier molecular flexibility index (Phi) is 7.74. The van der Waals surface area contributed by atoms with Crippen LogP contribution in [-0.2, 0) is 17.8 Å². The highest BCUT2D eigenvalue weighted by Gasteiger charge is 2.27. The van der Waals surface area contributed by atoms with Crippen molar-refractivity contribution in [1.82, 2.24) is 25.0 Å². The molecule has 0 saturated carbocycles. The van der Waals surface area contributed by atoms with Crippen molar-refractivity contribution in [2.75, 3.05) is 25.9 Å². The number of urea groups is 1. The average molecular weight is 384 g/mol. The fourth-order valence-electron chi connectivity index (χ4n) is 3.12. The van der Waals surface area contributed by atoms with Crippen LogP contribution in [0.15, 0.2) is 5.16 Å². The molecule has 1 aromatic heterocycles. The summed E-state index contributed by atoms with van der Waals surface area (Å²) in [5.74, 6) is 0.184. The van der Waals surface area contributed by atoms with E-state index in [2.05, 4.69) is 33.9 Å². The van der Waals surface area contributed by atoms with Crippen molar-refractivity contribution < 1.29 is 14.7 Å². The lowest BCUT2D eigenvalue weighted by Crippen LogP contribution is -2.47. The number of thioether (sulfide) groups is 1. The van der Waals surface area contributed by atoms with Gasteiger partial charge in [0.2, 0.25) is 0 Å². The quantitative estimate of drug-likeness (QED) is 0.527. The van der Waals surface area contributed by atoms with Gasteiger partial charge in [0.15, 0.2) is 5.16 Å². The Morgan fingerprint density at radius 2 is 2.15 bits per heavy atom. The molecule has 9 heteroatoms. The SMILES string of the molecule is CSc1nnc(CCCNC(=O)N2CCCC(C(=O)O)C2)n1CC(C)C. The van der Waals surface area contributed by atoms with Crippen molar-refractivity contribution >= 4 is 23.8 Å². The largest absolute Gasteiger partial charge is 0.481 e. The highest BCUT2D eigenvalue weighted by atomic mass is 32.2. The summed E-state index contributed by atoms with van der Waals surface area (Å²) >= 11 is 1.59. The number of aromatic nitrogens is 3. The van der Waals surface area contributed by atoms with E-state index in [1.54, 1.807) is 16.7 Å². The molecule has 2 N–H and O–H groups in total. The van der Waals surface area contributed by atoms with E-state index in [4.69, 9.17) is 5.11 Å². The first kappa shape index (κ1) is 20.5. The summed E-state index contributed by atoms with van der Waals surface area (Å²) < 4.78 is 2.15. The highest BCUT2D eigenvalue weighted by molar-refractivity contribution is 7.98. The molecule has 0 aromatic carbocycles. The maximum absolute atomic E-state index is 12.2. The Bertz CT molecular complexity index is 620. The molecule has 2 heterocycles. The third-order valence-corrected chi connectivity index (χ3v) is 5.10. The molecule has 8 nitrogen and oxygen atoms in total. The van der Waals surface area contributed by atoms with Crippen molar-refractivity contribution in [3.8, 4) is 0 Å². The zero-order valence-electron chi connectivity index (χ0n) is 15.8. The number of aryl methyl sites for hydroxylation is 1. The van der Waals surface area contributed by atoms with E-state index < -0.39 is 11.9 Å². The molecule has 0 spiro atoms. The lowest BCUT2D eigenvalue weighted by Gasteiger charge is -2.30. The lowest BCUT2D eigenvalue weighted by atomic mass is 9.99. The smallest absolute Gasteiger partial charge is 0.317 e. The number of rotatable bonds is 8. The predicted octanol–water partition coefficient (Wildman–Crippen LogP) is 2.09. The normalized spacial score (nSPS) is 17.5. The van der Waals surface area contributed by atoms with Gasteiger partial charge in [0.1, 0.15) is 5.82 Å². The van der Waals surface area contributed by atoms with Crippen molar-refractivity contribution in [2.24, 2.45) is 11.8 Å². The first-order valence-electron chi connectivity index (χ1n) is 9.14. The van der Waals surface area contributed by atoms with Gasteiger partial charge in [-0.3, -0.25) is 4.79 Å². The van der Waals surface area contributed by atoms with Gasteiger partial charge in [0, 0.05) is 32.6 Å². The Labute approximate surface area is 158 Å². The molecule has 1 aromatic rings. The number of hydrogen-bond acceptors (Lipinski definition) is 5. The minimum absolute atomic E-state index is 0.176. The van der Waals surface area contributed by atoms with Crippen molar-refractivity contribution in [3.63, 3.8) is 0 Å². The Balaban J connectivity index is 1.79. The summed E-state index contributed by atoms with van der Waals surface area (Å²) in [6.45, 7) is 6.66. The second-order valence-electron chi connectivity index (χ2n) is 7.07. The second-order valence-corrected chi connectivity index (χ2v) is 7.84. The number of likely N-dealkylation sites (tertiary alicyclic amines) is 1. The summed E-state index contributed by atoms with van der Waals surface area (Å²) in [5.41, 5.74) is 0. The zero-order chi connectivity index (χ0) is 19.1. The molecule has 1 aliphatic heterocycles. The number of carbonyl (C=O) groups is 2. The summed E-state index contributed by atoms with van der Waals surface area (Å²) in [4.78, 5) is 24.9.